The topological polar surface area (TPSA) is 64.8 Å². The van der Waals surface area contributed by atoms with Gasteiger partial charge in [-0.3, -0.25) is 0 Å². The number of nitrogens with two attached hydrogens (primary N) is 1. The first-order chi connectivity index (χ1) is 11.1. The number of nitrogens with zero attached hydrogens (tertiary/aromatic N) is 1. The van der Waals surface area contributed by atoms with Gasteiger partial charge in [-0.2, -0.15) is 0 Å². The van der Waals surface area contributed by atoms with Crippen molar-refractivity contribution in [3.63, 3.8) is 0 Å². The van der Waals surface area contributed by atoms with Crippen LogP contribution >= 0.6 is 0 Å². The molecule has 0 saturated heterocycles. The molecule has 0 spiro atoms. The van der Waals surface area contributed by atoms with Crippen LogP contribution in [0.15, 0.2) is 18.2 Å². The number of carbonyl (C=O) groups is 1. The molecule has 0 amide bonds. The highest BCUT2D eigenvalue weighted by Gasteiger charge is 2.17. The molecule has 128 valence electrons. The number of esters is 1. The van der Waals surface area contributed by atoms with Crippen molar-refractivity contribution in [2.75, 3.05) is 37.4 Å². The lowest BCUT2D eigenvalue weighted by Gasteiger charge is -2.29. The zero-order chi connectivity index (χ0) is 16.7. The van der Waals surface area contributed by atoms with Crippen LogP contribution in [-0.2, 0) is 9.53 Å². The minimum absolute atomic E-state index is 0.0927. The van der Waals surface area contributed by atoms with E-state index in [4.69, 9.17) is 15.2 Å². The predicted octanol–water partition coefficient (Wildman–Crippen LogP) is 3.23. The van der Waals surface area contributed by atoms with Gasteiger partial charge in [0.2, 0.25) is 0 Å². The standard InChI is InChI=1S/C18H28N2O3/c1-3-22-18(21)13-23-15-9-10-17(16(19)11-15)20(2)12-14-7-5-4-6-8-14/h9-11,14H,3-8,12-13,19H2,1-2H3. The van der Waals surface area contributed by atoms with Crippen molar-refractivity contribution < 1.29 is 14.3 Å². The molecular formula is C18H28N2O3. The van der Waals surface area contributed by atoms with Gasteiger partial charge >= 0.3 is 5.97 Å². The summed E-state index contributed by atoms with van der Waals surface area (Å²) in [5, 5.41) is 0. The number of rotatable bonds is 7. The number of hydrogen-bond acceptors (Lipinski definition) is 5. The summed E-state index contributed by atoms with van der Waals surface area (Å²) in [6.45, 7) is 3.07. The molecule has 0 radical (unpaired) electrons. The molecule has 0 heterocycles. The first kappa shape index (κ1) is 17.4. The van der Waals surface area contributed by atoms with E-state index in [1.54, 1.807) is 13.0 Å². The molecule has 1 fully saturated rings. The molecule has 1 aliphatic carbocycles. The summed E-state index contributed by atoms with van der Waals surface area (Å²) < 4.78 is 10.2. The smallest absolute Gasteiger partial charge is 0.344 e. The maximum Gasteiger partial charge on any atom is 0.344 e. The minimum atomic E-state index is -0.371. The highest BCUT2D eigenvalue weighted by molar-refractivity contribution is 5.72. The van der Waals surface area contributed by atoms with Crippen molar-refractivity contribution in [1.29, 1.82) is 0 Å². The highest BCUT2D eigenvalue weighted by atomic mass is 16.6. The van der Waals surface area contributed by atoms with Gasteiger partial charge in [0.25, 0.3) is 0 Å². The van der Waals surface area contributed by atoms with Crippen molar-refractivity contribution in [1.82, 2.24) is 0 Å². The van der Waals surface area contributed by atoms with E-state index in [0.717, 1.165) is 18.2 Å². The van der Waals surface area contributed by atoms with Crippen LogP contribution in [0.3, 0.4) is 0 Å². The summed E-state index contributed by atoms with van der Waals surface area (Å²) in [6.07, 6.45) is 6.67. The summed E-state index contributed by atoms with van der Waals surface area (Å²) in [4.78, 5) is 13.5. The van der Waals surface area contributed by atoms with Gasteiger partial charge in [-0.05, 0) is 37.8 Å². The normalized spacial score (nSPS) is 15.2. The zero-order valence-corrected chi connectivity index (χ0v) is 14.2. The highest BCUT2D eigenvalue weighted by Crippen LogP contribution is 2.30. The van der Waals surface area contributed by atoms with Crippen LogP contribution in [0.25, 0.3) is 0 Å². The van der Waals surface area contributed by atoms with Crippen LogP contribution in [0.1, 0.15) is 39.0 Å². The Morgan fingerprint density at radius 3 is 2.70 bits per heavy atom. The number of ether oxygens (including phenoxy) is 2. The minimum Gasteiger partial charge on any atom is -0.482 e. The van der Waals surface area contributed by atoms with Gasteiger partial charge in [-0.15, -0.1) is 0 Å². The number of hydrogen-bond donors (Lipinski definition) is 1. The number of carbonyl (C=O) groups excluding carboxylic acids is 1. The molecule has 1 aromatic rings. The zero-order valence-electron chi connectivity index (χ0n) is 14.2. The van der Waals surface area contributed by atoms with E-state index in [1.807, 2.05) is 12.1 Å². The Morgan fingerprint density at radius 1 is 1.30 bits per heavy atom. The van der Waals surface area contributed by atoms with Crippen LogP contribution in [0.2, 0.25) is 0 Å². The third-order valence-electron chi connectivity index (χ3n) is 4.33. The molecule has 1 saturated carbocycles. The largest absolute Gasteiger partial charge is 0.482 e. The lowest BCUT2D eigenvalue weighted by atomic mass is 9.89. The fourth-order valence-electron chi connectivity index (χ4n) is 3.17. The Balaban J connectivity index is 1.91. The van der Waals surface area contributed by atoms with Crippen LogP contribution in [-0.4, -0.2) is 32.8 Å². The molecule has 0 aliphatic heterocycles. The second-order valence-electron chi connectivity index (χ2n) is 6.20. The molecule has 0 unspecified atom stereocenters. The molecule has 0 atom stereocenters. The van der Waals surface area contributed by atoms with E-state index in [0.29, 0.717) is 18.0 Å². The fraction of sp³-hybridized carbons (Fsp3) is 0.611. The van der Waals surface area contributed by atoms with Gasteiger partial charge in [0.1, 0.15) is 5.75 Å². The van der Waals surface area contributed by atoms with Crippen molar-refractivity contribution >= 4 is 17.3 Å². The van der Waals surface area contributed by atoms with Gasteiger partial charge < -0.3 is 20.1 Å². The van der Waals surface area contributed by atoms with E-state index >= 15 is 0 Å². The van der Waals surface area contributed by atoms with E-state index in [9.17, 15) is 4.79 Å². The van der Waals surface area contributed by atoms with Gasteiger partial charge in [-0.25, -0.2) is 4.79 Å². The van der Waals surface area contributed by atoms with Gasteiger partial charge in [0.15, 0.2) is 6.61 Å². The molecule has 2 rings (SSSR count). The second-order valence-corrected chi connectivity index (χ2v) is 6.20. The third-order valence-corrected chi connectivity index (χ3v) is 4.33. The van der Waals surface area contributed by atoms with E-state index in [2.05, 4.69) is 11.9 Å². The molecule has 5 heteroatoms. The van der Waals surface area contributed by atoms with Crippen molar-refractivity contribution in [2.45, 2.75) is 39.0 Å². The Morgan fingerprint density at radius 2 is 2.04 bits per heavy atom. The molecule has 1 aliphatic rings. The Hall–Kier alpha value is -1.91. The van der Waals surface area contributed by atoms with Gasteiger partial charge in [0, 0.05) is 19.7 Å². The molecule has 23 heavy (non-hydrogen) atoms. The predicted molar refractivity (Wildman–Crippen MR) is 92.8 cm³/mol. The van der Waals surface area contributed by atoms with Crippen LogP contribution in [0.4, 0.5) is 11.4 Å². The van der Waals surface area contributed by atoms with Gasteiger partial charge in [-0.1, -0.05) is 19.3 Å². The average Bonchev–Trinajstić information content (AvgIpc) is 2.54. The summed E-state index contributed by atoms with van der Waals surface area (Å²) >= 11 is 0. The summed E-state index contributed by atoms with van der Waals surface area (Å²) in [7, 11) is 2.08. The molecule has 0 aromatic heterocycles. The Kier molecular flexibility index (Phi) is 6.56. The Labute approximate surface area is 138 Å². The SMILES string of the molecule is CCOC(=O)COc1ccc(N(C)CC2CCCCC2)c(N)c1. The second kappa shape index (κ2) is 8.65. The van der Waals surface area contributed by atoms with Crippen LogP contribution in [0.5, 0.6) is 5.75 Å². The van der Waals surface area contributed by atoms with Crippen LogP contribution in [0, 0.1) is 5.92 Å². The molecule has 5 nitrogen and oxygen atoms in total. The summed E-state index contributed by atoms with van der Waals surface area (Å²) in [5.74, 6) is 0.975. The number of nitrogen functional groups attached to an aromatic ring is 1. The fourth-order valence-corrected chi connectivity index (χ4v) is 3.17. The van der Waals surface area contributed by atoms with Gasteiger partial charge in [0.05, 0.1) is 18.0 Å². The van der Waals surface area contributed by atoms with Crippen LogP contribution < -0.4 is 15.4 Å². The number of benzene rings is 1. The van der Waals surface area contributed by atoms with Crippen molar-refractivity contribution in [2.24, 2.45) is 5.92 Å². The number of anilines is 2. The average molecular weight is 320 g/mol. The van der Waals surface area contributed by atoms with E-state index in [1.165, 1.54) is 32.1 Å². The maximum atomic E-state index is 11.3. The Bertz CT molecular complexity index is 513. The third kappa shape index (κ3) is 5.34. The molecule has 0 bridgehead atoms. The monoisotopic (exact) mass is 320 g/mol. The first-order valence-corrected chi connectivity index (χ1v) is 8.49. The van der Waals surface area contributed by atoms with E-state index < -0.39 is 0 Å². The first-order valence-electron chi connectivity index (χ1n) is 8.49. The quantitative estimate of drug-likeness (QED) is 0.617. The van der Waals surface area contributed by atoms with Crippen molar-refractivity contribution in [3.8, 4) is 5.75 Å². The molecule has 2 N–H and O–H groups in total. The summed E-state index contributed by atoms with van der Waals surface area (Å²) in [5.41, 5.74) is 7.84. The maximum absolute atomic E-state index is 11.3. The van der Waals surface area contributed by atoms with E-state index in [-0.39, 0.29) is 12.6 Å². The lowest BCUT2D eigenvalue weighted by molar-refractivity contribution is -0.145. The molecular weight excluding hydrogens is 292 g/mol. The summed E-state index contributed by atoms with van der Waals surface area (Å²) in [6, 6.07) is 5.58. The lowest BCUT2D eigenvalue weighted by Crippen LogP contribution is -2.27. The van der Waals surface area contributed by atoms with Crippen molar-refractivity contribution in [3.05, 3.63) is 18.2 Å². The molecule has 1 aromatic carbocycles.